The topological polar surface area (TPSA) is 24.5 Å². The van der Waals surface area contributed by atoms with E-state index in [9.17, 15) is 0 Å². The Kier molecular flexibility index (Phi) is 8.67. The van der Waals surface area contributed by atoms with E-state index in [0.29, 0.717) is 0 Å². The van der Waals surface area contributed by atoms with Crippen LogP contribution in [0.15, 0.2) is 0 Å². The number of nitrogens with zero attached hydrogens (tertiary/aromatic N) is 1. The van der Waals surface area contributed by atoms with Gasteiger partial charge in [-0.05, 0) is 32.4 Å². The average Bonchev–Trinajstić information content (AvgIpc) is 2.84. The van der Waals surface area contributed by atoms with Crippen molar-refractivity contribution in [2.75, 3.05) is 39.9 Å². The van der Waals surface area contributed by atoms with Gasteiger partial charge < -0.3 is 10.1 Å². The van der Waals surface area contributed by atoms with E-state index in [1.165, 1.54) is 58.2 Å². The van der Waals surface area contributed by atoms with Gasteiger partial charge in [0.1, 0.15) is 0 Å². The van der Waals surface area contributed by atoms with Crippen molar-refractivity contribution < 1.29 is 4.74 Å². The molecule has 0 aromatic rings. The Morgan fingerprint density at radius 3 is 2.76 bits per heavy atom. The fourth-order valence-corrected chi connectivity index (χ4v) is 2.50. The molecule has 1 saturated heterocycles. The molecule has 1 fully saturated rings. The molecule has 0 aromatic heterocycles. The Morgan fingerprint density at radius 2 is 2.12 bits per heavy atom. The summed E-state index contributed by atoms with van der Waals surface area (Å²) in [5.41, 5.74) is 0. The largest absolute Gasteiger partial charge is 0.383 e. The molecule has 0 saturated carbocycles. The Hall–Kier alpha value is -0.120. The predicted molar refractivity (Wildman–Crippen MR) is 73.5 cm³/mol. The highest BCUT2D eigenvalue weighted by atomic mass is 16.5. The first-order valence-corrected chi connectivity index (χ1v) is 7.31. The van der Waals surface area contributed by atoms with Gasteiger partial charge >= 0.3 is 0 Å². The summed E-state index contributed by atoms with van der Waals surface area (Å²) in [5.74, 6) is 0. The van der Waals surface area contributed by atoms with E-state index in [4.69, 9.17) is 4.74 Å². The van der Waals surface area contributed by atoms with Crippen LogP contribution in [0.4, 0.5) is 0 Å². The summed E-state index contributed by atoms with van der Waals surface area (Å²) in [6.07, 6.45) is 8.10. The number of ether oxygens (including phenoxy) is 1. The first kappa shape index (κ1) is 14.9. The number of hydrogen-bond donors (Lipinski definition) is 1. The van der Waals surface area contributed by atoms with Crippen LogP contribution < -0.4 is 5.32 Å². The fourth-order valence-electron chi connectivity index (χ4n) is 2.50. The van der Waals surface area contributed by atoms with E-state index in [1.54, 1.807) is 7.11 Å². The summed E-state index contributed by atoms with van der Waals surface area (Å²) in [4.78, 5) is 2.57. The van der Waals surface area contributed by atoms with Crippen molar-refractivity contribution in [1.29, 1.82) is 0 Å². The average molecular weight is 242 g/mol. The highest BCUT2D eigenvalue weighted by Crippen LogP contribution is 2.08. The third-order valence-corrected chi connectivity index (χ3v) is 3.58. The lowest BCUT2D eigenvalue weighted by molar-refractivity contribution is 0.140. The molecule has 102 valence electrons. The summed E-state index contributed by atoms with van der Waals surface area (Å²) < 4.78 is 5.20. The zero-order valence-corrected chi connectivity index (χ0v) is 11.7. The molecule has 3 heteroatoms. The molecule has 0 spiro atoms. The SMILES string of the molecule is CCCCCCN(CCOC)CC1CCCN1. The lowest BCUT2D eigenvalue weighted by Gasteiger charge is -2.25. The smallest absolute Gasteiger partial charge is 0.0589 e. The second-order valence-electron chi connectivity index (χ2n) is 5.15. The van der Waals surface area contributed by atoms with Crippen molar-refractivity contribution in [3.05, 3.63) is 0 Å². The van der Waals surface area contributed by atoms with Crippen LogP contribution in [0.2, 0.25) is 0 Å². The van der Waals surface area contributed by atoms with Crippen molar-refractivity contribution >= 4 is 0 Å². The Bertz CT molecular complexity index is 170. The van der Waals surface area contributed by atoms with E-state index in [2.05, 4.69) is 17.1 Å². The van der Waals surface area contributed by atoms with Crippen LogP contribution in [0.3, 0.4) is 0 Å². The van der Waals surface area contributed by atoms with Gasteiger partial charge in [0, 0.05) is 26.2 Å². The maximum atomic E-state index is 5.20. The van der Waals surface area contributed by atoms with Gasteiger partial charge in [0.2, 0.25) is 0 Å². The molecule has 0 bridgehead atoms. The van der Waals surface area contributed by atoms with E-state index in [-0.39, 0.29) is 0 Å². The van der Waals surface area contributed by atoms with Gasteiger partial charge in [0.05, 0.1) is 6.61 Å². The Labute approximate surface area is 107 Å². The maximum Gasteiger partial charge on any atom is 0.0589 e. The Balaban J connectivity index is 2.16. The van der Waals surface area contributed by atoms with Crippen molar-refractivity contribution in [3.8, 4) is 0 Å². The minimum atomic E-state index is 0.720. The zero-order chi connectivity index (χ0) is 12.3. The van der Waals surface area contributed by atoms with Crippen LogP contribution in [0, 0.1) is 0 Å². The maximum absolute atomic E-state index is 5.20. The molecule has 1 unspecified atom stereocenters. The molecule has 1 aliphatic rings. The number of methoxy groups -OCH3 is 1. The minimum absolute atomic E-state index is 0.720. The molecule has 0 amide bonds. The van der Waals surface area contributed by atoms with Crippen LogP contribution in [0.1, 0.15) is 45.4 Å². The molecule has 3 nitrogen and oxygen atoms in total. The molecule has 1 aliphatic heterocycles. The van der Waals surface area contributed by atoms with Crippen molar-refractivity contribution in [2.24, 2.45) is 0 Å². The van der Waals surface area contributed by atoms with Crippen LogP contribution in [0.25, 0.3) is 0 Å². The van der Waals surface area contributed by atoms with Gasteiger partial charge in [-0.3, -0.25) is 4.90 Å². The van der Waals surface area contributed by atoms with Crippen LogP contribution in [-0.2, 0) is 4.74 Å². The van der Waals surface area contributed by atoms with Crippen LogP contribution in [-0.4, -0.2) is 50.8 Å². The summed E-state index contributed by atoms with van der Waals surface area (Å²) in [7, 11) is 1.79. The normalized spacial score (nSPS) is 20.3. The molecule has 1 N–H and O–H groups in total. The zero-order valence-electron chi connectivity index (χ0n) is 11.7. The lowest BCUT2D eigenvalue weighted by atomic mass is 10.1. The van der Waals surface area contributed by atoms with Gasteiger partial charge in [0.25, 0.3) is 0 Å². The number of hydrogen-bond acceptors (Lipinski definition) is 3. The molecule has 0 aliphatic carbocycles. The second-order valence-corrected chi connectivity index (χ2v) is 5.15. The lowest BCUT2D eigenvalue weighted by Crippen LogP contribution is -2.39. The fraction of sp³-hybridized carbons (Fsp3) is 1.00. The molecular weight excluding hydrogens is 212 g/mol. The monoisotopic (exact) mass is 242 g/mol. The first-order valence-electron chi connectivity index (χ1n) is 7.31. The van der Waals surface area contributed by atoms with E-state index in [1.807, 2.05) is 0 Å². The van der Waals surface area contributed by atoms with Crippen molar-refractivity contribution in [2.45, 2.75) is 51.5 Å². The highest BCUT2D eigenvalue weighted by Gasteiger charge is 2.17. The van der Waals surface area contributed by atoms with Crippen molar-refractivity contribution in [1.82, 2.24) is 10.2 Å². The van der Waals surface area contributed by atoms with Crippen LogP contribution >= 0.6 is 0 Å². The van der Waals surface area contributed by atoms with Gasteiger partial charge in [-0.25, -0.2) is 0 Å². The molecular formula is C14H30N2O. The quantitative estimate of drug-likeness (QED) is 0.595. The van der Waals surface area contributed by atoms with E-state index in [0.717, 1.165) is 19.2 Å². The predicted octanol–water partition coefficient (Wildman–Crippen LogP) is 2.27. The molecule has 1 atom stereocenters. The summed E-state index contributed by atoms with van der Waals surface area (Å²) in [6, 6.07) is 0.720. The van der Waals surface area contributed by atoms with Gasteiger partial charge in [-0.15, -0.1) is 0 Å². The summed E-state index contributed by atoms with van der Waals surface area (Å²) in [6.45, 7) is 7.86. The third kappa shape index (κ3) is 7.02. The molecule has 1 rings (SSSR count). The van der Waals surface area contributed by atoms with Gasteiger partial charge in [-0.1, -0.05) is 26.2 Å². The molecule has 0 radical (unpaired) electrons. The third-order valence-electron chi connectivity index (χ3n) is 3.58. The molecule has 0 aromatic carbocycles. The standard InChI is InChI=1S/C14H30N2O/c1-3-4-5-6-10-16(11-12-17-2)13-14-8-7-9-15-14/h14-15H,3-13H2,1-2H3. The molecule has 17 heavy (non-hydrogen) atoms. The summed E-state index contributed by atoms with van der Waals surface area (Å²) >= 11 is 0. The second kappa shape index (κ2) is 9.86. The minimum Gasteiger partial charge on any atom is -0.383 e. The Morgan fingerprint density at radius 1 is 1.24 bits per heavy atom. The van der Waals surface area contributed by atoms with Crippen molar-refractivity contribution in [3.63, 3.8) is 0 Å². The number of nitrogens with one attached hydrogen (secondary N) is 1. The van der Waals surface area contributed by atoms with Gasteiger partial charge in [0.15, 0.2) is 0 Å². The number of rotatable bonds is 10. The first-order chi connectivity index (χ1) is 8.36. The van der Waals surface area contributed by atoms with E-state index >= 15 is 0 Å². The molecule has 1 heterocycles. The van der Waals surface area contributed by atoms with Crippen LogP contribution in [0.5, 0.6) is 0 Å². The van der Waals surface area contributed by atoms with E-state index < -0.39 is 0 Å². The number of unbranched alkanes of at least 4 members (excludes halogenated alkanes) is 3. The highest BCUT2D eigenvalue weighted by molar-refractivity contribution is 4.77. The van der Waals surface area contributed by atoms with Gasteiger partial charge in [-0.2, -0.15) is 0 Å². The summed E-state index contributed by atoms with van der Waals surface area (Å²) in [5, 5.41) is 3.58.